The number of carbonyl (C=O) groups is 3. The number of amides is 3. The summed E-state index contributed by atoms with van der Waals surface area (Å²) in [5.41, 5.74) is 1.94. The quantitative estimate of drug-likeness (QED) is 0.272. The van der Waals surface area contributed by atoms with E-state index >= 15 is 0 Å². The van der Waals surface area contributed by atoms with Gasteiger partial charge in [-0.1, -0.05) is 51.3 Å². The molecule has 0 aliphatic carbocycles. The smallest absolute Gasteiger partial charge is 0.293 e. The van der Waals surface area contributed by atoms with Gasteiger partial charge in [0.1, 0.15) is 0 Å². The van der Waals surface area contributed by atoms with Gasteiger partial charge in [-0.05, 0) is 77.5 Å². The summed E-state index contributed by atoms with van der Waals surface area (Å²) in [6.07, 6.45) is 1.57. The number of benzene rings is 3. The molecule has 4 rings (SSSR count). The molecule has 1 fully saturated rings. The van der Waals surface area contributed by atoms with Crippen LogP contribution < -0.4 is 14.8 Å². The van der Waals surface area contributed by atoms with E-state index in [1.54, 1.807) is 42.5 Å². The molecule has 3 aromatic rings. The number of nitrogens with one attached hydrogen (secondary N) is 1. The summed E-state index contributed by atoms with van der Waals surface area (Å²) >= 11 is 16.5. The predicted octanol–water partition coefficient (Wildman–Crippen LogP) is 7.02. The largest absolute Gasteiger partial charge is 0.493 e. The van der Waals surface area contributed by atoms with Gasteiger partial charge in [0.2, 0.25) is 0 Å². The third-order valence-corrected chi connectivity index (χ3v) is 7.12. The molecule has 0 spiro atoms. The highest BCUT2D eigenvalue weighted by Crippen LogP contribution is 2.39. The molecule has 0 radical (unpaired) electrons. The Labute approximate surface area is 235 Å². The van der Waals surface area contributed by atoms with Crippen molar-refractivity contribution in [2.45, 2.75) is 6.54 Å². The van der Waals surface area contributed by atoms with E-state index in [-0.39, 0.29) is 39.8 Å². The molecule has 37 heavy (non-hydrogen) atoms. The van der Waals surface area contributed by atoms with E-state index in [0.29, 0.717) is 16.3 Å². The lowest BCUT2D eigenvalue weighted by Crippen LogP contribution is -2.27. The van der Waals surface area contributed by atoms with Crippen molar-refractivity contribution in [3.8, 4) is 11.5 Å². The van der Waals surface area contributed by atoms with Crippen LogP contribution in [0.1, 0.15) is 11.1 Å². The van der Waals surface area contributed by atoms with Crippen LogP contribution in [0.15, 0.2) is 70.0 Å². The molecule has 1 aliphatic heterocycles. The van der Waals surface area contributed by atoms with E-state index in [1.165, 1.54) is 12.0 Å². The monoisotopic (exact) mass is 620 g/mol. The number of hydrogen-bond acceptors (Lipinski definition) is 6. The zero-order chi connectivity index (χ0) is 26.5. The number of anilines is 1. The second-order valence-corrected chi connectivity index (χ2v) is 10.5. The van der Waals surface area contributed by atoms with Crippen LogP contribution in [0, 0.1) is 0 Å². The summed E-state index contributed by atoms with van der Waals surface area (Å²) < 4.78 is 11.9. The van der Waals surface area contributed by atoms with Gasteiger partial charge in [0.25, 0.3) is 17.1 Å². The second-order valence-electron chi connectivity index (χ2n) is 7.77. The molecule has 0 bridgehead atoms. The predicted molar refractivity (Wildman–Crippen MR) is 149 cm³/mol. The van der Waals surface area contributed by atoms with Crippen molar-refractivity contribution >= 4 is 79.7 Å². The summed E-state index contributed by atoms with van der Waals surface area (Å²) in [4.78, 5) is 39.1. The van der Waals surface area contributed by atoms with Crippen LogP contribution in [-0.2, 0) is 16.1 Å². The molecule has 190 valence electrons. The maximum absolute atomic E-state index is 12.9. The summed E-state index contributed by atoms with van der Waals surface area (Å²) in [7, 11) is 1.43. The highest BCUT2D eigenvalue weighted by Gasteiger charge is 2.35. The summed E-state index contributed by atoms with van der Waals surface area (Å²) in [5.74, 6) is -0.348. The lowest BCUT2D eigenvalue weighted by molar-refractivity contribution is -0.123. The molecule has 1 N–H and O–H groups in total. The lowest BCUT2D eigenvalue weighted by Gasteiger charge is -2.14. The Morgan fingerprint density at radius 1 is 1.08 bits per heavy atom. The molecule has 0 saturated carbocycles. The fourth-order valence-electron chi connectivity index (χ4n) is 3.39. The Balaban J connectivity index is 1.45. The highest BCUT2D eigenvalue weighted by atomic mass is 79.9. The zero-order valence-electron chi connectivity index (χ0n) is 19.3. The van der Waals surface area contributed by atoms with Gasteiger partial charge in [-0.2, -0.15) is 0 Å². The Bertz CT molecular complexity index is 1380. The topological polar surface area (TPSA) is 84.9 Å². The molecule has 0 aromatic heterocycles. The number of thioether (sulfide) groups is 1. The lowest BCUT2D eigenvalue weighted by atomic mass is 10.1. The third-order valence-electron chi connectivity index (χ3n) is 5.15. The maximum atomic E-state index is 12.9. The number of carbonyl (C=O) groups excluding carboxylic acids is 3. The van der Waals surface area contributed by atoms with Crippen molar-refractivity contribution in [3.63, 3.8) is 0 Å². The average molecular weight is 622 g/mol. The first-order chi connectivity index (χ1) is 17.7. The first-order valence-corrected chi connectivity index (χ1v) is 13.2. The Hall–Kier alpha value is -2.98. The molecular formula is C26H19BrCl2N2O5S. The Morgan fingerprint density at radius 3 is 2.46 bits per heavy atom. The Morgan fingerprint density at radius 2 is 1.78 bits per heavy atom. The van der Waals surface area contributed by atoms with Gasteiger partial charge in [-0.25, -0.2) is 0 Å². The molecule has 0 atom stereocenters. The minimum absolute atomic E-state index is 0.171. The standard InChI is InChI=1S/C26H19BrCl2N2O5S/c1-35-21-11-16(10-20(29)24(21)36-14-23(32)30-19-8-6-18(28)7-9-19)12-22-25(33)31(26(34)37-22)13-15-2-4-17(27)5-3-15/h2-12H,13-14H2,1H3,(H,30,32)/b22-12-. The molecule has 1 heterocycles. The number of imide groups is 1. The molecule has 1 aliphatic rings. The van der Waals surface area contributed by atoms with Crippen LogP contribution in [0.25, 0.3) is 6.08 Å². The first kappa shape index (κ1) is 27.1. The van der Waals surface area contributed by atoms with Gasteiger partial charge in [0.05, 0.1) is 23.6 Å². The van der Waals surface area contributed by atoms with Crippen LogP contribution in [0.3, 0.4) is 0 Å². The Kier molecular flexibility index (Phi) is 8.81. The molecule has 3 amide bonds. The van der Waals surface area contributed by atoms with Crippen molar-refractivity contribution < 1.29 is 23.9 Å². The van der Waals surface area contributed by atoms with Gasteiger partial charge in [0, 0.05) is 15.2 Å². The van der Waals surface area contributed by atoms with E-state index in [4.69, 9.17) is 32.7 Å². The molecule has 3 aromatic carbocycles. The van der Waals surface area contributed by atoms with Crippen molar-refractivity contribution in [2.75, 3.05) is 19.0 Å². The molecule has 11 heteroatoms. The fraction of sp³-hybridized carbons (Fsp3) is 0.115. The molecule has 7 nitrogen and oxygen atoms in total. The summed E-state index contributed by atoms with van der Waals surface area (Å²) in [6.45, 7) is -0.142. The van der Waals surface area contributed by atoms with E-state index in [0.717, 1.165) is 21.8 Å². The molecule has 1 saturated heterocycles. The molecular weight excluding hydrogens is 603 g/mol. The zero-order valence-corrected chi connectivity index (χ0v) is 23.2. The van der Waals surface area contributed by atoms with Crippen molar-refractivity contribution in [3.05, 3.63) is 91.2 Å². The van der Waals surface area contributed by atoms with E-state index in [1.807, 2.05) is 24.3 Å². The van der Waals surface area contributed by atoms with Crippen molar-refractivity contribution in [1.82, 2.24) is 4.90 Å². The van der Waals surface area contributed by atoms with E-state index in [9.17, 15) is 14.4 Å². The van der Waals surface area contributed by atoms with Crippen LogP contribution in [0.5, 0.6) is 11.5 Å². The normalized spacial score (nSPS) is 14.3. The van der Waals surface area contributed by atoms with Crippen LogP contribution in [-0.4, -0.2) is 35.7 Å². The second kappa shape index (κ2) is 12.0. The van der Waals surface area contributed by atoms with Gasteiger partial charge in [-0.15, -0.1) is 0 Å². The first-order valence-electron chi connectivity index (χ1n) is 10.8. The number of halogens is 3. The average Bonchev–Trinajstić information content (AvgIpc) is 3.13. The van der Waals surface area contributed by atoms with Crippen LogP contribution in [0.2, 0.25) is 10.0 Å². The van der Waals surface area contributed by atoms with Crippen molar-refractivity contribution in [2.24, 2.45) is 0 Å². The van der Waals surface area contributed by atoms with Gasteiger partial charge in [-0.3, -0.25) is 19.3 Å². The van der Waals surface area contributed by atoms with Gasteiger partial charge >= 0.3 is 0 Å². The number of nitrogens with zero attached hydrogens (tertiary/aromatic N) is 1. The SMILES string of the molecule is COc1cc(/C=C2\SC(=O)N(Cc3ccc(Br)cc3)C2=O)cc(Cl)c1OCC(=O)Nc1ccc(Cl)cc1. The number of hydrogen-bond donors (Lipinski definition) is 1. The minimum atomic E-state index is -0.399. The van der Waals surface area contributed by atoms with E-state index in [2.05, 4.69) is 21.2 Å². The molecule has 0 unspecified atom stereocenters. The van der Waals surface area contributed by atoms with Gasteiger partial charge in [0.15, 0.2) is 18.1 Å². The van der Waals surface area contributed by atoms with Crippen LogP contribution in [0.4, 0.5) is 10.5 Å². The van der Waals surface area contributed by atoms with Gasteiger partial charge < -0.3 is 14.8 Å². The number of rotatable bonds is 8. The minimum Gasteiger partial charge on any atom is -0.493 e. The number of ether oxygens (including phenoxy) is 2. The third kappa shape index (κ3) is 6.87. The summed E-state index contributed by atoms with van der Waals surface area (Å²) in [6, 6.07) is 17.2. The highest BCUT2D eigenvalue weighted by molar-refractivity contribution is 9.10. The fourth-order valence-corrected chi connectivity index (χ4v) is 4.89. The van der Waals surface area contributed by atoms with Crippen molar-refractivity contribution in [1.29, 1.82) is 0 Å². The van der Waals surface area contributed by atoms with E-state index < -0.39 is 11.8 Å². The summed E-state index contributed by atoms with van der Waals surface area (Å²) in [5, 5.41) is 3.07. The number of methoxy groups -OCH3 is 1. The van der Waals surface area contributed by atoms with Crippen LogP contribution >= 0.6 is 50.9 Å². The maximum Gasteiger partial charge on any atom is 0.293 e.